The molecule has 0 aromatic carbocycles. The summed E-state index contributed by atoms with van der Waals surface area (Å²) in [5.41, 5.74) is 1.61. The van der Waals surface area contributed by atoms with Crippen molar-refractivity contribution in [2.45, 2.75) is 50.9 Å². The van der Waals surface area contributed by atoms with Crippen LogP contribution < -0.4 is 0 Å². The fourth-order valence-electron chi connectivity index (χ4n) is 4.33. The van der Waals surface area contributed by atoms with Crippen molar-refractivity contribution in [3.05, 3.63) is 48.3 Å². The minimum atomic E-state index is -0.898. The van der Waals surface area contributed by atoms with Crippen LogP contribution in [0, 0.1) is 0 Å². The molecule has 0 amide bonds. The fraction of sp³-hybridized carbons (Fsp3) is 0.524. The molecule has 2 aromatic rings. The van der Waals surface area contributed by atoms with Gasteiger partial charge in [-0.2, -0.15) is 0 Å². The number of carboxylic acid groups (broad SMARTS) is 2. The SMILES string of the molecule is Cn1cnc(CN(CC(=O)O)C2CCCC[C@@H]2N(CC(=O)O)Cc2ccccn2)c1.[Fe+2].[OH3+]. The van der Waals surface area contributed by atoms with Crippen LogP contribution in [-0.4, -0.2) is 71.7 Å². The maximum atomic E-state index is 11.6. The second-order valence-corrected chi connectivity index (χ2v) is 7.87. The van der Waals surface area contributed by atoms with E-state index in [1.807, 2.05) is 45.8 Å². The molecule has 11 heteroatoms. The molecule has 0 radical (unpaired) electrons. The van der Waals surface area contributed by atoms with E-state index in [-0.39, 0.29) is 47.7 Å². The Balaban J connectivity index is 0.00000256. The van der Waals surface area contributed by atoms with Gasteiger partial charge in [-0.15, -0.1) is 0 Å². The summed E-state index contributed by atoms with van der Waals surface area (Å²) in [7, 11) is 1.88. The van der Waals surface area contributed by atoms with Gasteiger partial charge in [0.25, 0.3) is 0 Å². The third-order valence-electron chi connectivity index (χ3n) is 5.52. The van der Waals surface area contributed by atoms with E-state index in [1.54, 1.807) is 12.5 Å². The van der Waals surface area contributed by atoms with E-state index < -0.39 is 11.9 Å². The monoisotopic (exact) mass is 490 g/mol. The van der Waals surface area contributed by atoms with Gasteiger partial charge in [0.05, 0.1) is 30.8 Å². The van der Waals surface area contributed by atoms with E-state index >= 15 is 0 Å². The van der Waals surface area contributed by atoms with Crippen LogP contribution in [0.25, 0.3) is 0 Å². The van der Waals surface area contributed by atoms with Crippen LogP contribution in [0.15, 0.2) is 36.9 Å². The topological polar surface area (TPSA) is 145 Å². The van der Waals surface area contributed by atoms with E-state index in [1.165, 1.54) is 0 Å². The summed E-state index contributed by atoms with van der Waals surface area (Å²) >= 11 is 0. The molecule has 0 bridgehead atoms. The Labute approximate surface area is 198 Å². The first kappa shape index (κ1) is 27.7. The summed E-state index contributed by atoms with van der Waals surface area (Å²) in [6.07, 6.45) is 8.91. The molecule has 1 aliphatic rings. The standard InChI is InChI=1S/C21H29N5O4.Fe.H2O/c1-24-10-17(23-15-24)12-26(14-21(29)30)19-8-3-2-7-18(19)25(13-20(27)28)11-16-6-4-5-9-22-16;;/h4-6,9-10,15,18-19H,2-3,7-8,11-14H2,1H3,(H,27,28)(H,29,30);;1H2/q;+2;/p+1/t18-,19?;;/m0../s1. The minimum Gasteiger partial charge on any atom is -0.480 e. The molecule has 10 nitrogen and oxygen atoms in total. The average molecular weight is 490 g/mol. The maximum Gasteiger partial charge on any atom is 2.00 e. The van der Waals surface area contributed by atoms with Crippen molar-refractivity contribution in [1.29, 1.82) is 0 Å². The van der Waals surface area contributed by atoms with Gasteiger partial charge in [-0.1, -0.05) is 18.9 Å². The van der Waals surface area contributed by atoms with Gasteiger partial charge in [-0.3, -0.25) is 24.4 Å². The van der Waals surface area contributed by atoms with Gasteiger partial charge in [0.15, 0.2) is 0 Å². The Morgan fingerprint density at radius 1 is 1.00 bits per heavy atom. The summed E-state index contributed by atoms with van der Waals surface area (Å²) in [6.45, 7) is 0.613. The third kappa shape index (κ3) is 7.99. The van der Waals surface area contributed by atoms with Crippen molar-refractivity contribution in [2.24, 2.45) is 7.05 Å². The van der Waals surface area contributed by atoms with Crippen LogP contribution in [0.4, 0.5) is 0 Å². The molecular formula is C21H32FeN5O5+3. The molecule has 5 N–H and O–H groups in total. The van der Waals surface area contributed by atoms with Gasteiger partial charge in [0.1, 0.15) is 0 Å². The van der Waals surface area contributed by atoms with Crippen molar-refractivity contribution in [3.63, 3.8) is 0 Å². The summed E-state index contributed by atoms with van der Waals surface area (Å²) in [5.74, 6) is -1.80. The van der Waals surface area contributed by atoms with Crippen molar-refractivity contribution in [1.82, 2.24) is 24.3 Å². The first-order valence-corrected chi connectivity index (χ1v) is 10.2. The molecule has 32 heavy (non-hydrogen) atoms. The van der Waals surface area contributed by atoms with E-state index in [4.69, 9.17) is 0 Å². The molecule has 0 spiro atoms. The zero-order chi connectivity index (χ0) is 21.5. The maximum absolute atomic E-state index is 11.6. The number of imidazole rings is 1. The van der Waals surface area contributed by atoms with Gasteiger partial charge in [-0.25, -0.2) is 4.98 Å². The van der Waals surface area contributed by atoms with Crippen molar-refractivity contribution in [3.8, 4) is 0 Å². The second kappa shape index (κ2) is 13.3. The molecule has 0 aliphatic heterocycles. The number of rotatable bonds is 10. The van der Waals surface area contributed by atoms with Crippen LogP contribution in [0.3, 0.4) is 0 Å². The fourth-order valence-corrected chi connectivity index (χ4v) is 4.33. The van der Waals surface area contributed by atoms with Crippen molar-refractivity contribution in [2.75, 3.05) is 13.1 Å². The number of aliphatic carboxylic acids is 2. The summed E-state index contributed by atoms with van der Waals surface area (Å²) < 4.78 is 1.84. The number of carbonyl (C=O) groups is 2. The zero-order valence-electron chi connectivity index (χ0n) is 18.2. The average Bonchev–Trinajstić information content (AvgIpc) is 3.12. The van der Waals surface area contributed by atoms with E-state index in [9.17, 15) is 19.8 Å². The van der Waals surface area contributed by atoms with Gasteiger partial charge in [-0.05, 0) is 25.0 Å². The van der Waals surface area contributed by atoms with Crippen molar-refractivity contribution >= 4 is 11.9 Å². The van der Waals surface area contributed by atoms with Crippen LogP contribution in [-0.2, 0) is 52.3 Å². The number of aryl methyl sites for hydroxylation is 1. The minimum absolute atomic E-state index is 0. The number of hydrogen-bond acceptors (Lipinski definition) is 6. The van der Waals surface area contributed by atoms with Gasteiger partial charge in [0.2, 0.25) is 0 Å². The molecule has 176 valence electrons. The molecule has 0 saturated heterocycles. The molecule has 1 unspecified atom stereocenters. The number of hydrogen-bond donors (Lipinski definition) is 2. The van der Waals surface area contributed by atoms with E-state index in [0.717, 1.165) is 37.1 Å². The Morgan fingerprint density at radius 2 is 1.56 bits per heavy atom. The van der Waals surface area contributed by atoms with Crippen LogP contribution in [0.2, 0.25) is 0 Å². The smallest absolute Gasteiger partial charge is 0.480 e. The largest absolute Gasteiger partial charge is 2.00 e. The van der Waals surface area contributed by atoms with Gasteiger partial charge >= 0.3 is 29.0 Å². The molecule has 1 saturated carbocycles. The van der Waals surface area contributed by atoms with E-state index in [0.29, 0.717) is 13.1 Å². The third-order valence-corrected chi connectivity index (χ3v) is 5.52. The molecule has 3 rings (SSSR count). The summed E-state index contributed by atoms with van der Waals surface area (Å²) in [6, 6.07) is 5.46. The van der Waals surface area contributed by atoms with Crippen LogP contribution in [0.5, 0.6) is 0 Å². The Hall–Kier alpha value is -2.30. The molecular weight excluding hydrogens is 458 g/mol. The predicted molar refractivity (Wildman–Crippen MR) is 114 cm³/mol. The zero-order valence-corrected chi connectivity index (χ0v) is 19.3. The molecule has 2 atom stereocenters. The first-order chi connectivity index (χ1) is 14.4. The van der Waals surface area contributed by atoms with Crippen LogP contribution >= 0.6 is 0 Å². The second-order valence-electron chi connectivity index (χ2n) is 7.87. The Kier molecular flexibility index (Phi) is 11.5. The number of aromatic nitrogens is 3. The van der Waals surface area contributed by atoms with Gasteiger partial charge in [0, 0.05) is 44.6 Å². The summed E-state index contributed by atoms with van der Waals surface area (Å²) in [5, 5.41) is 19.0. The number of pyridine rings is 1. The first-order valence-electron chi connectivity index (χ1n) is 10.2. The predicted octanol–water partition coefficient (Wildman–Crippen LogP) is 0.675. The number of nitrogens with zero attached hydrogens (tertiary/aromatic N) is 5. The molecule has 2 aromatic heterocycles. The summed E-state index contributed by atoms with van der Waals surface area (Å²) in [4.78, 5) is 35.8. The normalized spacial score (nSPS) is 18.1. The Morgan fingerprint density at radius 3 is 2.00 bits per heavy atom. The molecule has 1 aliphatic carbocycles. The Bertz CT molecular complexity index is 850. The van der Waals surface area contributed by atoms with Gasteiger partial charge < -0.3 is 20.3 Å². The van der Waals surface area contributed by atoms with Crippen LogP contribution in [0.1, 0.15) is 37.1 Å². The van der Waals surface area contributed by atoms with E-state index in [2.05, 4.69) is 9.97 Å². The van der Waals surface area contributed by atoms with Crippen molar-refractivity contribution < 1.29 is 42.3 Å². The number of carboxylic acids is 2. The molecule has 1 fully saturated rings. The molecule has 2 heterocycles. The quantitative estimate of drug-likeness (QED) is 0.365.